The molecule has 0 aliphatic carbocycles. The van der Waals surface area contributed by atoms with Crippen molar-refractivity contribution in [1.29, 1.82) is 0 Å². The zero-order valence-electron chi connectivity index (χ0n) is 38.6. The van der Waals surface area contributed by atoms with Crippen molar-refractivity contribution in [3.63, 3.8) is 0 Å². The van der Waals surface area contributed by atoms with Crippen molar-refractivity contribution in [1.82, 2.24) is 29.7 Å². The minimum atomic E-state index is -0.991. The minimum Gasteiger partial charge on any atom is -0.445 e. The number of hydrogen-bond acceptors (Lipinski definition) is 13. The molecule has 18 nitrogen and oxygen atoms in total. The molecule has 2 atom stereocenters. The monoisotopic (exact) mass is 890 g/mol. The van der Waals surface area contributed by atoms with Gasteiger partial charge in [0.25, 0.3) is 0 Å². The number of ether oxygens (including phenoxy) is 4. The summed E-state index contributed by atoms with van der Waals surface area (Å²) in [4.78, 5) is 77.5. The predicted molar refractivity (Wildman–Crippen MR) is 245 cm³/mol. The third-order valence-corrected chi connectivity index (χ3v) is 10.6. The number of carbonyl (C=O) groups is 5. The summed E-state index contributed by atoms with van der Waals surface area (Å²) in [5.74, 6) is -0.816. The number of para-hydroxylation sites is 1. The Bertz CT molecular complexity index is 2190. The molecule has 4 aromatic rings. The summed E-state index contributed by atoms with van der Waals surface area (Å²) in [6.45, 7) is 13.0. The van der Waals surface area contributed by atoms with Crippen LogP contribution in [-0.2, 0) is 53.1 Å². The molecule has 0 bridgehead atoms. The average Bonchev–Trinajstić information content (AvgIpc) is 3.62. The Morgan fingerprint density at radius 2 is 1.55 bits per heavy atom. The first-order valence-corrected chi connectivity index (χ1v) is 21.9. The molecular formula is C46H67N9O9. The first-order chi connectivity index (χ1) is 30.5. The number of nitrogens with zero attached hydrogens (tertiary/aromatic N) is 5. The summed E-state index contributed by atoms with van der Waals surface area (Å²) >= 11 is 0. The number of anilines is 2. The van der Waals surface area contributed by atoms with E-state index in [2.05, 4.69) is 15.6 Å². The molecule has 0 fully saturated rings. The molecule has 350 valence electrons. The van der Waals surface area contributed by atoms with Crippen LogP contribution >= 0.6 is 0 Å². The van der Waals surface area contributed by atoms with Gasteiger partial charge in [0, 0.05) is 63.8 Å². The first kappa shape index (κ1) is 50.8. The Labute approximate surface area is 375 Å². The van der Waals surface area contributed by atoms with Gasteiger partial charge in [-0.3, -0.25) is 14.4 Å². The molecule has 4 rings (SSSR count). The highest BCUT2D eigenvalue weighted by Crippen LogP contribution is 2.31. The lowest BCUT2D eigenvalue weighted by Gasteiger charge is -2.30. The lowest BCUT2D eigenvalue weighted by Crippen LogP contribution is -2.46. The number of fused-ring (bicyclic) bond motifs is 3. The molecule has 0 radical (unpaired) electrons. The van der Waals surface area contributed by atoms with Crippen molar-refractivity contribution < 1.29 is 42.9 Å². The van der Waals surface area contributed by atoms with E-state index in [1.807, 2.05) is 63.5 Å². The number of aromatic nitrogens is 3. The number of nitrogens with two attached hydrogens (primary N) is 2. The van der Waals surface area contributed by atoms with Gasteiger partial charge in [-0.2, -0.15) is 0 Å². The van der Waals surface area contributed by atoms with Crippen LogP contribution in [-0.4, -0.2) is 119 Å². The maximum Gasteiger partial charge on any atom is 0.410 e. The van der Waals surface area contributed by atoms with E-state index in [1.165, 1.54) is 9.80 Å². The standard InChI is InChI=1S/C46H67N9O9/c1-9-61-27-37-51-40-41(34-16-11-12-17-35(34)50-42(40)48)55(37)29-46(5,6)64-45(60)54(8)24-23-53(7)44(59)63-26-31-18-20-33(21-19-31)49-43(58)32(15-13-14-22-47)25-36(56)39(30(3)4)52-38(57)28-62-10-2/h11-12,16-21,30,32,39H,9-10,13-15,22-29,47H2,1-8H3,(H2,48,50)(H,49,58)(H,52,57)/t32-,39+/m1/s1. The lowest BCUT2D eigenvalue weighted by molar-refractivity contribution is -0.133. The number of ketones is 1. The van der Waals surface area contributed by atoms with E-state index < -0.39 is 29.7 Å². The summed E-state index contributed by atoms with van der Waals surface area (Å²) in [7, 11) is 3.17. The number of unbranched alkanes of at least 4 members (excludes halogenated alkanes) is 1. The molecule has 2 heterocycles. The smallest absolute Gasteiger partial charge is 0.410 e. The van der Waals surface area contributed by atoms with Crippen LogP contribution < -0.4 is 22.1 Å². The second-order valence-corrected chi connectivity index (χ2v) is 16.8. The molecule has 2 aromatic heterocycles. The second kappa shape index (κ2) is 24.3. The third-order valence-electron chi connectivity index (χ3n) is 10.6. The Morgan fingerprint density at radius 1 is 0.875 bits per heavy atom. The minimum absolute atomic E-state index is 0.0312. The molecule has 0 aliphatic rings. The van der Waals surface area contributed by atoms with Crippen molar-refractivity contribution in [2.45, 2.75) is 98.6 Å². The van der Waals surface area contributed by atoms with Gasteiger partial charge in [-0.25, -0.2) is 19.6 Å². The zero-order valence-corrected chi connectivity index (χ0v) is 38.6. The van der Waals surface area contributed by atoms with Crippen LogP contribution in [0.15, 0.2) is 48.5 Å². The van der Waals surface area contributed by atoms with Gasteiger partial charge in [0.1, 0.15) is 36.8 Å². The number of amides is 4. The molecular weight excluding hydrogens is 823 g/mol. The molecule has 0 saturated carbocycles. The van der Waals surface area contributed by atoms with Gasteiger partial charge in [0.05, 0.1) is 23.6 Å². The fourth-order valence-corrected chi connectivity index (χ4v) is 7.03. The van der Waals surface area contributed by atoms with E-state index >= 15 is 0 Å². The van der Waals surface area contributed by atoms with Gasteiger partial charge in [0.15, 0.2) is 11.6 Å². The van der Waals surface area contributed by atoms with Gasteiger partial charge in [-0.05, 0) is 76.8 Å². The topological polar surface area (TPSA) is 236 Å². The quantitative estimate of drug-likeness (QED) is 0.0591. The van der Waals surface area contributed by atoms with Crippen molar-refractivity contribution in [2.75, 3.05) is 64.6 Å². The number of hydrogen-bond donors (Lipinski definition) is 4. The zero-order chi connectivity index (χ0) is 47.0. The maximum atomic E-state index is 13.5. The molecule has 64 heavy (non-hydrogen) atoms. The highest BCUT2D eigenvalue weighted by atomic mass is 16.6. The molecule has 0 aliphatic heterocycles. The Hall–Kier alpha value is -5.85. The SMILES string of the molecule is CCOCC(=O)N[C@H](C(=O)C[C@@H](CCCCN)C(=O)Nc1ccc(COC(=O)N(C)CCN(C)C(=O)OC(C)(C)Cn2c(COCC)nc3c(N)nc4ccccc4c32)cc1)C(C)C. The largest absolute Gasteiger partial charge is 0.445 e. The number of carbonyl (C=O) groups excluding carboxylic acids is 5. The van der Waals surface area contributed by atoms with Crippen LogP contribution in [0.25, 0.3) is 21.9 Å². The van der Waals surface area contributed by atoms with Crippen LogP contribution in [0.1, 0.15) is 78.6 Å². The first-order valence-electron chi connectivity index (χ1n) is 21.9. The summed E-state index contributed by atoms with van der Waals surface area (Å²) < 4.78 is 24.4. The summed E-state index contributed by atoms with van der Waals surface area (Å²) in [5, 5.41) is 6.52. The highest BCUT2D eigenvalue weighted by Gasteiger charge is 2.31. The van der Waals surface area contributed by atoms with E-state index in [9.17, 15) is 24.0 Å². The molecule has 0 spiro atoms. The van der Waals surface area contributed by atoms with Crippen LogP contribution in [0.2, 0.25) is 0 Å². The van der Waals surface area contributed by atoms with E-state index in [1.54, 1.807) is 45.3 Å². The van der Waals surface area contributed by atoms with Crippen LogP contribution in [0.4, 0.5) is 21.1 Å². The molecule has 18 heteroatoms. The summed E-state index contributed by atoms with van der Waals surface area (Å²) in [6.07, 6.45) is 0.614. The predicted octanol–water partition coefficient (Wildman–Crippen LogP) is 5.64. The van der Waals surface area contributed by atoms with E-state index in [0.29, 0.717) is 67.4 Å². The Kier molecular flexibility index (Phi) is 19.3. The van der Waals surface area contributed by atoms with Gasteiger partial charge in [-0.15, -0.1) is 0 Å². The van der Waals surface area contributed by atoms with Crippen molar-refractivity contribution in [3.8, 4) is 0 Å². The summed E-state index contributed by atoms with van der Waals surface area (Å²) in [5.41, 5.74) is 14.3. The molecule has 0 saturated heterocycles. The van der Waals surface area contributed by atoms with Crippen molar-refractivity contribution in [2.24, 2.45) is 17.6 Å². The highest BCUT2D eigenvalue weighted by molar-refractivity contribution is 6.06. The molecule has 2 aromatic carbocycles. The fourth-order valence-electron chi connectivity index (χ4n) is 7.03. The number of pyridine rings is 1. The Balaban J connectivity index is 1.28. The summed E-state index contributed by atoms with van der Waals surface area (Å²) in [6, 6.07) is 13.7. The third kappa shape index (κ3) is 14.6. The molecule has 4 amide bonds. The van der Waals surface area contributed by atoms with Crippen LogP contribution in [0, 0.1) is 11.8 Å². The van der Waals surface area contributed by atoms with E-state index in [4.69, 9.17) is 35.4 Å². The van der Waals surface area contributed by atoms with Crippen LogP contribution in [0.3, 0.4) is 0 Å². The average molecular weight is 890 g/mol. The lowest BCUT2D eigenvalue weighted by atomic mass is 9.89. The van der Waals surface area contributed by atoms with Gasteiger partial charge in [0.2, 0.25) is 11.8 Å². The van der Waals surface area contributed by atoms with Crippen molar-refractivity contribution in [3.05, 3.63) is 59.9 Å². The molecule has 6 N–H and O–H groups in total. The Morgan fingerprint density at radius 3 is 2.20 bits per heavy atom. The molecule has 0 unspecified atom stereocenters. The number of likely N-dealkylation sites (N-methyl/N-ethyl adjacent to an activating group) is 2. The number of nitrogen functional groups attached to an aromatic ring is 1. The van der Waals surface area contributed by atoms with Gasteiger partial charge < -0.3 is 55.4 Å². The number of rotatable bonds is 25. The van der Waals surface area contributed by atoms with Crippen molar-refractivity contribution >= 4 is 63.2 Å². The fraction of sp³-hybridized carbons (Fsp3) is 0.543. The van der Waals surface area contributed by atoms with E-state index in [-0.39, 0.29) is 69.4 Å². The van der Waals surface area contributed by atoms with E-state index in [0.717, 1.165) is 16.4 Å². The number of imidazole rings is 1. The number of Topliss-reactive ketones (excluding diaryl/α,β-unsaturated/α-hetero) is 1. The second-order valence-electron chi connectivity index (χ2n) is 16.8. The number of benzene rings is 2. The van der Waals surface area contributed by atoms with Gasteiger partial charge >= 0.3 is 12.2 Å². The van der Waals surface area contributed by atoms with Crippen LogP contribution in [0.5, 0.6) is 0 Å². The maximum absolute atomic E-state index is 13.5. The normalized spacial score (nSPS) is 12.5. The number of nitrogens with one attached hydrogen (secondary N) is 2. The van der Waals surface area contributed by atoms with Gasteiger partial charge in [-0.1, -0.05) is 50.6 Å².